The van der Waals surface area contributed by atoms with E-state index in [0.29, 0.717) is 23.7 Å². The van der Waals surface area contributed by atoms with Crippen LogP contribution >= 0.6 is 0 Å². The molecular formula is C21H33N3O2. The molecule has 5 heteroatoms. The molecule has 1 fully saturated rings. The summed E-state index contributed by atoms with van der Waals surface area (Å²) in [5.74, 6) is 0.522. The van der Waals surface area contributed by atoms with Crippen molar-refractivity contribution >= 4 is 17.6 Å². The van der Waals surface area contributed by atoms with Crippen molar-refractivity contribution in [2.24, 2.45) is 5.92 Å². The van der Waals surface area contributed by atoms with E-state index in [1.165, 1.54) is 12.8 Å². The lowest BCUT2D eigenvalue weighted by Crippen LogP contribution is -2.34. The number of nitrogens with zero attached hydrogens (tertiary/aromatic N) is 1. The van der Waals surface area contributed by atoms with E-state index >= 15 is 0 Å². The highest BCUT2D eigenvalue weighted by molar-refractivity contribution is 6.04. The first-order valence-electron chi connectivity index (χ1n) is 10.0. The molecule has 3 amide bonds. The Kier molecular flexibility index (Phi) is 7.95. The first kappa shape index (κ1) is 20.3. The molecule has 0 radical (unpaired) electrons. The number of carbonyl (C=O) groups excluding carboxylic acids is 2. The lowest BCUT2D eigenvalue weighted by Gasteiger charge is -2.20. The van der Waals surface area contributed by atoms with Crippen LogP contribution in [0.1, 0.15) is 68.3 Å². The molecule has 144 valence electrons. The van der Waals surface area contributed by atoms with E-state index in [4.69, 9.17) is 0 Å². The fourth-order valence-electron chi connectivity index (χ4n) is 3.48. The highest BCUT2D eigenvalue weighted by atomic mass is 16.2. The molecule has 0 spiro atoms. The number of anilines is 1. The molecule has 0 saturated carbocycles. The predicted molar refractivity (Wildman–Crippen MR) is 107 cm³/mol. The maximum absolute atomic E-state index is 12.9. The Morgan fingerprint density at radius 3 is 2.58 bits per heavy atom. The molecule has 1 heterocycles. The molecule has 0 aliphatic carbocycles. The second kappa shape index (κ2) is 10.2. The first-order chi connectivity index (χ1) is 12.6. The van der Waals surface area contributed by atoms with Crippen LogP contribution in [0.2, 0.25) is 0 Å². The summed E-state index contributed by atoms with van der Waals surface area (Å²) in [7, 11) is 0. The zero-order valence-electron chi connectivity index (χ0n) is 16.4. The van der Waals surface area contributed by atoms with E-state index in [0.717, 1.165) is 44.3 Å². The number of unbranched alkanes of at least 4 members (excludes halogenated alkanes) is 1. The quantitative estimate of drug-likeness (QED) is 0.714. The van der Waals surface area contributed by atoms with Crippen molar-refractivity contribution in [2.75, 3.05) is 25.0 Å². The van der Waals surface area contributed by atoms with Crippen LogP contribution in [0, 0.1) is 12.8 Å². The van der Waals surface area contributed by atoms with E-state index in [1.54, 1.807) is 0 Å². The number of carbonyl (C=O) groups is 2. The molecule has 2 rings (SSSR count). The van der Waals surface area contributed by atoms with Crippen LogP contribution in [-0.2, 0) is 0 Å². The van der Waals surface area contributed by atoms with Crippen LogP contribution in [-0.4, -0.2) is 36.5 Å². The summed E-state index contributed by atoms with van der Waals surface area (Å²) < 4.78 is 0. The Hall–Kier alpha value is -2.04. The maximum Gasteiger partial charge on any atom is 0.319 e. The Bertz CT molecular complexity index is 609. The van der Waals surface area contributed by atoms with Crippen molar-refractivity contribution in [2.45, 2.75) is 59.3 Å². The SMILES string of the molecule is CCCCC(CC)CNC(=O)Nc1cccc(C)c1C(=O)N1CCCC1. The number of benzene rings is 1. The lowest BCUT2D eigenvalue weighted by molar-refractivity contribution is 0.0793. The summed E-state index contributed by atoms with van der Waals surface area (Å²) in [5.41, 5.74) is 2.11. The van der Waals surface area contributed by atoms with Crippen LogP contribution in [0.25, 0.3) is 0 Å². The number of urea groups is 1. The van der Waals surface area contributed by atoms with Crippen LogP contribution in [0.5, 0.6) is 0 Å². The monoisotopic (exact) mass is 359 g/mol. The molecule has 1 aliphatic rings. The van der Waals surface area contributed by atoms with Gasteiger partial charge in [-0.2, -0.15) is 0 Å². The lowest BCUT2D eigenvalue weighted by atomic mass is 9.99. The minimum absolute atomic E-state index is 0.0188. The number of rotatable bonds is 8. The molecular weight excluding hydrogens is 326 g/mol. The maximum atomic E-state index is 12.9. The van der Waals surface area contributed by atoms with Crippen LogP contribution in [0.15, 0.2) is 18.2 Å². The van der Waals surface area contributed by atoms with E-state index < -0.39 is 0 Å². The van der Waals surface area contributed by atoms with Gasteiger partial charge >= 0.3 is 6.03 Å². The molecule has 1 atom stereocenters. The average molecular weight is 360 g/mol. The Morgan fingerprint density at radius 2 is 1.92 bits per heavy atom. The van der Waals surface area contributed by atoms with Crippen molar-refractivity contribution in [1.29, 1.82) is 0 Å². The zero-order valence-corrected chi connectivity index (χ0v) is 16.4. The van der Waals surface area contributed by atoms with E-state index in [-0.39, 0.29) is 11.9 Å². The van der Waals surface area contributed by atoms with E-state index in [2.05, 4.69) is 24.5 Å². The third kappa shape index (κ3) is 5.48. The van der Waals surface area contributed by atoms with Crippen molar-refractivity contribution in [3.05, 3.63) is 29.3 Å². The Labute approximate surface area is 157 Å². The highest BCUT2D eigenvalue weighted by Gasteiger charge is 2.24. The number of nitrogens with one attached hydrogen (secondary N) is 2. The van der Waals surface area contributed by atoms with Gasteiger partial charge in [-0.15, -0.1) is 0 Å². The zero-order chi connectivity index (χ0) is 18.9. The molecule has 1 unspecified atom stereocenters. The molecule has 26 heavy (non-hydrogen) atoms. The van der Waals surface area contributed by atoms with Gasteiger partial charge in [0.1, 0.15) is 0 Å². The summed E-state index contributed by atoms with van der Waals surface area (Å²) in [4.78, 5) is 27.1. The van der Waals surface area contributed by atoms with Gasteiger partial charge in [0.05, 0.1) is 11.3 Å². The summed E-state index contributed by atoms with van der Waals surface area (Å²) >= 11 is 0. The molecule has 0 aromatic heterocycles. The largest absolute Gasteiger partial charge is 0.339 e. The first-order valence-corrected chi connectivity index (χ1v) is 10.0. The third-order valence-corrected chi connectivity index (χ3v) is 5.22. The van der Waals surface area contributed by atoms with Crippen LogP contribution < -0.4 is 10.6 Å². The van der Waals surface area contributed by atoms with E-state index in [9.17, 15) is 9.59 Å². The van der Waals surface area contributed by atoms with Gasteiger partial charge in [-0.05, 0) is 43.7 Å². The van der Waals surface area contributed by atoms with E-state index in [1.807, 2.05) is 30.0 Å². The van der Waals surface area contributed by atoms with Gasteiger partial charge in [0.25, 0.3) is 5.91 Å². The predicted octanol–water partition coefficient (Wildman–Crippen LogP) is 4.57. The van der Waals surface area contributed by atoms with Gasteiger partial charge in [0, 0.05) is 19.6 Å². The van der Waals surface area contributed by atoms with Gasteiger partial charge in [0.2, 0.25) is 0 Å². The smallest absolute Gasteiger partial charge is 0.319 e. The molecule has 0 bridgehead atoms. The normalized spacial score (nSPS) is 15.0. The summed E-state index contributed by atoms with van der Waals surface area (Å²) in [6, 6.07) is 5.37. The van der Waals surface area contributed by atoms with Crippen LogP contribution in [0.4, 0.5) is 10.5 Å². The summed E-state index contributed by atoms with van der Waals surface area (Å²) in [5, 5.41) is 5.86. The second-order valence-electron chi connectivity index (χ2n) is 7.25. The number of hydrogen-bond donors (Lipinski definition) is 2. The molecule has 1 aliphatic heterocycles. The molecule has 1 saturated heterocycles. The molecule has 1 aromatic rings. The number of hydrogen-bond acceptors (Lipinski definition) is 2. The highest BCUT2D eigenvalue weighted by Crippen LogP contribution is 2.23. The molecule has 1 aromatic carbocycles. The minimum atomic E-state index is -0.235. The summed E-state index contributed by atoms with van der Waals surface area (Å²) in [6.45, 7) is 8.54. The average Bonchev–Trinajstić information content (AvgIpc) is 3.16. The van der Waals surface area contributed by atoms with Gasteiger partial charge in [-0.25, -0.2) is 4.79 Å². The Balaban J connectivity index is 2.01. The fourth-order valence-corrected chi connectivity index (χ4v) is 3.48. The topological polar surface area (TPSA) is 61.4 Å². The van der Waals surface area contributed by atoms with Crippen molar-refractivity contribution in [1.82, 2.24) is 10.2 Å². The second-order valence-corrected chi connectivity index (χ2v) is 7.25. The van der Waals surface area contributed by atoms with Crippen LogP contribution in [0.3, 0.4) is 0 Å². The number of amides is 3. The van der Waals surface area contributed by atoms with Crippen molar-refractivity contribution in [3.8, 4) is 0 Å². The van der Waals surface area contributed by atoms with Gasteiger partial charge in [0.15, 0.2) is 0 Å². The summed E-state index contributed by atoms with van der Waals surface area (Å²) in [6.07, 6.45) is 6.66. The van der Waals surface area contributed by atoms with Crippen molar-refractivity contribution < 1.29 is 9.59 Å². The molecule has 2 N–H and O–H groups in total. The van der Waals surface area contributed by atoms with Gasteiger partial charge in [-0.3, -0.25) is 4.79 Å². The third-order valence-electron chi connectivity index (χ3n) is 5.22. The fraction of sp³-hybridized carbons (Fsp3) is 0.619. The van der Waals surface area contributed by atoms with Gasteiger partial charge in [-0.1, -0.05) is 45.2 Å². The number of aryl methyl sites for hydroxylation is 1. The Morgan fingerprint density at radius 1 is 1.19 bits per heavy atom. The minimum Gasteiger partial charge on any atom is -0.339 e. The standard InChI is InChI=1S/C21H33N3O2/c1-4-6-11-17(5-2)15-22-21(26)23-18-12-9-10-16(3)19(18)20(25)24-13-7-8-14-24/h9-10,12,17H,4-8,11,13-15H2,1-3H3,(H2,22,23,26). The van der Waals surface area contributed by atoms with Gasteiger partial charge < -0.3 is 15.5 Å². The molecule has 5 nitrogen and oxygen atoms in total. The number of likely N-dealkylation sites (tertiary alicyclic amines) is 1. The van der Waals surface area contributed by atoms with Crippen molar-refractivity contribution in [3.63, 3.8) is 0 Å².